The number of hydrogen-bond acceptors (Lipinski definition) is 3. The number of hydrogen-bond donors (Lipinski definition) is 1. The Kier molecular flexibility index (Phi) is 4.40. The third-order valence-electron chi connectivity index (χ3n) is 1.95. The minimum absolute atomic E-state index is 0.218. The Labute approximate surface area is 93.5 Å². The van der Waals surface area contributed by atoms with Crippen LogP contribution in [0, 0.1) is 11.3 Å². The van der Waals surface area contributed by atoms with Crippen molar-refractivity contribution in [3.8, 4) is 6.07 Å². The molecule has 0 saturated carbocycles. The van der Waals surface area contributed by atoms with E-state index in [9.17, 15) is 0 Å². The summed E-state index contributed by atoms with van der Waals surface area (Å²) in [7, 11) is 0. The highest BCUT2D eigenvalue weighted by Gasteiger charge is 2.10. The Morgan fingerprint density at radius 1 is 1.57 bits per heavy atom. The van der Waals surface area contributed by atoms with Crippen molar-refractivity contribution < 1.29 is 0 Å². The van der Waals surface area contributed by atoms with Crippen LogP contribution in [0.5, 0.6) is 0 Å². The van der Waals surface area contributed by atoms with Gasteiger partial charge in [-0.3, -0.25) is 0 Å². The maximum Gasteiger partial charge on any atom is 0.0931 e. The number of nitrogens with zero attached hydrogens (tertiary/aromatic N) is 1. The minimum Gasteiger partial charge on any atom is -0.306 e. The molecule has 14 heavy (non-hydrogen) atoms. The molecule has 1 aromatic rings. The first-order chi connectivity index (χ1) is 6.63. The SMILES string of the molecule is CC(CC#N)NC(C)c1ccc(Cl)s1. The van der Waals surface area contributed by atoms with Crippen LogP contribution in [-0.2, 0) is 0 Å². The summed E-state index contributed by atoms with van der Waals surface area (Å²) in [4.78, 5) is 1.21. The van der Waals surface area contributed by atoms with Crippen LogP contribution < -0.4 is 5.32 Å². The molecule has 2 unspecified atom stereocenters. The smallest absolute Gasteiger partial charge is 0.0931 e. The topological polar surface area (TPSA) is 35.8 Å². The van der Waals surface area contributed by atoms with Crippen LogP contribution in [0.25, 0.3) is 0 Å². The lowest BCUT2D eigenvalue weighted by atomic mass is 10.2. The van der Waals surface area contributed by atoms with Crippen LogP contribution in [0.15, 0.2) is 12.1 Å². The van der Waals surface area contributed by atoms with Gasteiger partial charge in [-0.05, 0) is 26.0 Å². The molecule has 0 bridgehead atoms. The van der Waals surface area contributed by atoms with E-state index in [1.165, 1.54) is 4.88 Å². The Morgan fingerprint density at radius 3 is 2.79 bits per heavy atom. The summed E-state index contributed by atoms with van der Waals surface area (Å²) in [6, 6.07) is 6.54. The third-order valence-corrected chi connectivity index (χ3v) is 3.37. The summed E-state index contributed by atoms with van der Waals surface area (Å²) in [6.07, 6.45) is 0.531. The van der Waals surface area contributed by atoms with E-state index in [2.05, 4.69) is 18.3 Å². The second kappa shape index (κ2) is 5.35. The molecule has 0 aliphatic heterocycles. The maximum absolute atomic E-state index is 8.52. The summed E-state index contributed by atoms with van der Waals surface area (Å²) in [5.41, 5.74) is 0. The van der Waals surface area contributed by atoms with Crippen molar-refractivity contribution in [2.75, 3.05) is 0 Å². The molecule has 76 valence electrons. The zero-order chi connectivity index (χ0) is 10.6. The Hall–Kier alpha value is -0.560. The fraction of sp³-hybridized carbons (Fsp3) is 0.500. The van der Waals surface area contributed by atoms with Crippen molar-refractivity contribution in [3.63, 3.8) is 0 Å². The normalized spacial score (nSPS) is 14.7. The Morgan fingerprint density at radius 2 is 2.29 bits per heavy atom. The molecule has 0 spiro atoms. The van der Waals surface area contributed by atoms with Crippen LogP contribution in [0.2, 0.25) is 4.34 Å². The van der Waals surface area contributed by atoms with Gasteiger partial charge in [-0.2, -0.15) is 5.26 Å². The van der Waals surface area contributed by atoms with Gasteiger partial charge in [-0.15, -0.1) is 11.3 Å². The highest BCUT2D eigenvalue weighted by atomic mass is 35.5. The van der Waals surface area contributed by atoms with Crippen LogP contribution in [0.1, 0.15) is 31.2 Å². The lowest BCUT2D eigenvalue weighted by Crippen LogP contribution is -2.27. The predicted molar refractivity (Wildman–Crippen MR) is 60.6 cm³/mol. The summed E-state index contributed by atoms with van der Waals surface area (Å²) in [5, 5.41) is 11.9. The molecule has 0 saturated heterocycles. The molecule has 0 radical (unpaired) electrons. The molecule has 0 aliphatic rings. The van der Waals surface area contributed by atoms with Crippen molar-refractivity contribution in [1.82, 2.24) is 5.32 Å². The summed E-state index contributed by atoms with van der Waals surface area (Å²) >= 11 is 7.42. The van der Waals surface area contributed by atoms with Gasteiger partial charge in [0.2, 0.25) is 0 Å². The first kappa shape index (κ1) is 11.5. The van der Waals surface area contributed by atoms with Gasteiger partial charge in [0.1, 0.15) is 0 Å². The fourth-order valence-electron chi connectivity index (χ4n) is 1.27. The van der Waals surface area contributed by atoms with E-state index in [0.717, 1.165) is 4.34 Å². The molecule has 0 amide bonds. The molecule has 1 N–H and O–H groups in total. The summed E-state index contributed by atoms with van der Waals surface area (Å²) < 4.78 is 0.807. The molecule has 2 nitrogen and oxygen atoms in total. The summed E-state index contributed by atoms with van der Waals surface area (Å²) in [6.45, 7) is 4.09. The van der Waals surface area contributed by atoms with E-state index >= 15 is 0 Å². The quantitative estimate of drug-likeness (QED) is 0.858. The van der Waals surface area contributed by atoms with Crippen molar-refractivity contribution >= 4 is 22.9 Å². The van der Waals surface area contributed by atoms with Crippen LogP contribution in [-0.4, -0.2) is 6.04 Å². The van der Waals surface area contributed by atoms with E-state index in [0.29, 0.717) is 6.42 Å². The van der Waals surface area contributed by atoms with Crippen LogP contribution >= 0.6 is 22.9 Å². The van der Waals surface area contributed by atoms with E-state index in [-0.39, 0.29) is 12.1 Å². The predicted octanol–water partition coefficient (Wildman–Crippen LogP) is 3.35. The summed E-state index contributed by atoms with van der Waals surface area (Å²) in [5.74, 6) is 0. The number of nitrogens with one attached hydrogen (secondary N) is 1. The highest BCUT2D eigenvalue weighted by molar-refractivity contribution is 7.16. The average Bonchev–Trinajstić information content (AvgIpc) is 2.52. The van der Waals surface area contributed by atoms with Crippen LogP contribution in [0.4, 0.5) is 0 Å². The van der Waals surface area contributed by atoms with Gasteiger partial charge in [0, 0.05) is 17.0 Å². The van der Waals surface area contributed by atoms with Gasteiger partial charge < -0.3 is 5.32 Å². The zero-order valence-corrected chi connectivity index (χ0v) is 9.82. The van der Waals surface area contributed by atoms with Crippen molar-refractivity contribution in [2.45, 2.75) is 32.4 Å². The van der Waals surface area contributed by atoms with Crippen molar-refractivity contribution in [1.29, 1.82) is 5.26 Å². The molecule has 1 aromatic heterocycles. The largest absolute Gasteiger partial charge is 0.306 e. The first-order valence-electron chi connectivity index (χ1n) is 4.51. The number of nitriles is 1. The monoisotopic (exact) mass is 228 g/mol. The van der Waals surface area contributed by atoms with Gasteiger partial charge in [0.15, 0.2) is 0 Å². The molecule has 0 aliphatic carbocycles. The third kappa shape index (κ3) is 3.30. The standard InChI is InChI=1S/C10H13ClN2S/c1-7(5-6-12)13-8(2)9-3-4-10(11)14-9/h3-4,7-8,13H,5H2,1-2H3. The second-order valence-electron chi connectivity index (χ2n) is 3.29. The highest BCUT2D eigenvalue weighted by Crippen LogP contribution is 2.26. The van der Waals surface area contributed by atoms with Gasteiger partial charge in [0.05, 0.1) is 16.8 Å². The Bertz CT molecular complexity index is 329. The van der Waals surface area contributed by atoms with Crippen molar-refractivity contribution in [2.24, 2.45) is 0 Å². The number of rotatable bonds is 4. The van der Waals surface area contributed by atoms with Gasteiger partial charge in [-0.1, -0.05) is 11.6 Å². The molecule has 2 atom stereocenters. The van der Waals surface area contributed by atoms with Gasteiger partial charge in [-0.25, -0.2) is 0 Å². The minimum atomic E-state index is 0.218. The lowest BCUT2D eigenvalue weighted by molar-refractivity contribution is 0.490. The maximum atomic E-state index is 8.52. The van der Waals surface area contributed by atoms with E-state index in [1.54, 1.807) is 11.3 Å². The van der Waals surface area contributed by atoms with E-state index in [1.807, 2.05) is 19.1 Å². The lowest BCUT2D eigenvalue weighted by Gasteiger charge is -2.16. The number of halogens is 1. The molecule has 1 heterocycles. The molecular formula is C10H13ClN2S. The average molecular weight is 229 g/mol. The molecule has 0 fully saturated rings. The fourth-order valence-corrected chi connectivity index (χ4v) is 2.34. The first-order valence-corrected chi connectivity index (χ1v) is 5.71. The second-order valence-corrected chi connectivity index (χ2v) is 5.04. The molecule has 0 aromatic carbocycles. The van der Waals surface area contributed by atoms with E-state index in [4.69, 9.17) is 16.9 Å². The van der Waals surface area contributed by atoms with Gasteiger partial charge in [0.25, 0.3) is 0 Å². The Balaban J connectivity index is 2.50. The zero-order valence-electron chi connectivity index (χ0n) is 8.25. The molecule has 1 rings (SSSR count). The molecule has 4 heteroatoms. The van der Waals surface area contributed by atoms with Crippen molar-refractivity contribution in [3.05, 3.63) is 21.3 Å². The van der Waals surface area contributed by atoms with E-state index < -0.39 is 0 Å². The van der Waals surface area contributed by atoms with Gasteiger partial charge >= 0.3 is 0 Å². The molecular weight excluding hydrogens is 216 g/mol. The number of thiophene rings is 1. The van der Waals surface area contributed by atoms with Crippen LogP contribution in [0.3, 0.4) is 0 Å².